The van der Waals surface area contributed by atoms with Crippen molar-refractivity contribution in [2.75, 3.05) is 6.54 Å². The number of hydrogen-bond donors (Lipinski definition) is 2. The lowest BCUT2D eigenvalue weighted by Crippen LogP contribution is -2.39. The number of unbranched alkanes of at least 4 members (excludes halogenated alkanes) is 1. The Morgan fingerprint density at radius 2 is 2.08 bits per heavy atom. The average Bonchev–Trinajstić information content (AvgIpc) is 2.00. The molecule has 0 aliphatic heterocycles. The molecule has 3 nitrogen and oxygen atoms in total. The summed E-state index contributed by atoms with van der Waals surface area (Å²) in [5.41, 5.74) is 5.55. The molecule has 3 heteroatoms. The van der Waals surface area contributed by atoms with Crippen molar-refractivity contribution >= 4 is 5.91 Å². The first-order valence-electron chi connectivity index (χ1n) is 4.68. The van der Waals surface area contributed by atoms with Crippen molar-refractivity contribution < 1.29 is 4.79 Å². The second-order valence-corrected chi connectivity index (χ2v) is 3.43. The van der Waals surface area contributed by atoms with Crippen LogP contribution in [0.15, 0.2) is 0 Å². The van der Waals surface area contributed by atoms with Crippen LogP contribution in [0.3, 0.4) is 0 Å². The van der Waals surface area contributed by atoms with Crippen LogP contribution in [0.2, 0.25) is 0 Å². The highest BCUT2D eigenvalue weighted by Gasteiger charge is 1.98. The molecule has 0 bridgehead atoms. The fraction of sp³-hybridized carbons (Fsp3) is 0.889. The largest absolute Gasteiger partial charge is 0.292 e. The first kappa shape index (κ1) is 11.4. The van der Waals surface area contributed by atoms with Gasteiger partial charge in [0.15, 0.2) is 0 Å². The number of carbonyl (C=O) groups is 1. The van der Waals surface area contributed by atoms with Crippen LogP contribution in [0.5, 0.6) is 0 Å². The Hall–Kier alpha value is -0.570. The number of hydrogen-bond acceptors (Lipinski definition) is 2. The zero-order valence-electron chi connectivity index (χ0n) is 8.31. The molecular formula is C9H20N2O. The van der Waals surface area contributed by atoms with Crippen LogP contribution in [-0.2, 0) is 4.79 Å². The molecule has 2 N–H and O–H groups in total. The van der Waals surface area contributed by atoms with E-state index in [9.17, 15) is 4.79 Å². The topological polar surface area (TPSA) is 41.1 Å². The Morgan fingerprint density at radius 1 is 1.42 bits per heavy atom. The summed E-state index contributed by atoms with van der Waals surface area (Å²) in [6.45, 7) is 7.11. The fourth-order valence-corrected chi connectivity index (χ4v) is 0.754. The smallest absolute Gasteiger partial charge is 0.234 e. The number of hydrazine groups is 1. The fourth-order valence-electron chi connectivity index (χ4n) is 0.754. The van der Waals surface area contributed by atoms with Gasteiger partial charge in [-0.05, 0) is 12.3 Å². The van der Waals surface area contributed by atoms with Gasteiger partial charge >= 0.3 is 0 Å². The zero-order valence-corrected chi connectivity index (χ0v) is 8.31. The summed E-state index contributed by atoms with van der Waals surface area (Å²) < 4.78 is 0. The summed E-state index contributed by atoms with van der Waals surface area (Å²) in [4.78, 5) is 11.0. The van der Waals surface area contributed by atoms with E-state index in [2.05, 4.69) is 31.6 Å². The lowest BCUT2D eigenvalue weighted by Gasteiger charge is -2.08. The molecule has 0 atom stereocenters. The third kappa shape index (κ3) is 7.54. The van der Waals surface area contributed by atoms with Gasteiger partial charge < -0.3 is 0 Å². The molecule has 0 aliphatic rings. The van der Waals surface area contributed by atoms with Gasteiger partial charge in [0.1, 0.15) is 0 Å². The lowest BCUT2D eigenvalue weighted by molar-refractivity contribution is -0.122. The molecule has 0 rings (SSSR count). The molecule has 0 saturated carbocycles. The SMILES string of the molecule is CCCCC(=O)NNCC(C)C. The molecule has 0 aromatic rings. The van der Waals surface area contributed by atoms with Crippen LogP contribution in [0.25, 0.3) is 0 Å². The Balaban J connectivity index is 3.20. The highest BCUT2D eigenvalue weighted by Crippen LogP contribution is 1.92. The predicted octanol–water partition coefficient (Wildman–Crippen LogP) is 1.45. The van der Waals surface area contributed by atoms with Crippen molar-refractivity contribution in [1.82, 2.24) is 10.9 Å². The summed E-state index contributed by atoms with van der Waals surface area (Å²) in [7, 11) is 0. The van der Waals surface area contributed by atoms with Crippen LogP contribution >= 0.6 is 0 Å². The summed E-state index contributed by atoms with van der Waals surface area (Å²) in [6, 6.07) is 0. The van der Waals surface area contributed by atoms with Gasteiger partial charge in [-0.15, -0.1) is 0 Å². The summed E-state index contributed by atoms with van der Waals surface area (Å²) >= 11 is 0. The average molecular weight is 172 g/mol. The van der Waals surface area contributed by atoms with E-state index >= 15 is 0 Å². The van der Waals surface area contributed by atoms with Gasteiger partial charge in [-0.25, -0.2) is 5.43 Å². The van der Waals surface area contributed by atoms with Crippen LogP contribution in [0, 0.1) is 5.92 Å². The van der Waals surface area contributed by atoms with E-state index < -0.39 is 0 Å². The maximum Gasteiger partial charge on any atom is 0.234 e. The Kier molecular flexibility index (Phi) is 6.76. The van der Waals surface area contributed by atoms with Crippen molar-refractivity contribution in [2.45, 2.75) is 40.0 Å². The first-order valence-corrected chi connectivity index (χ1v) is 4.68. The third-order valence-electron chi connectivity index (χ3n) is 1.50. The predicted molar refractivity (Wildman–Crippen MR) is 50.5 cm³/mol. The van der Waals surface area contributed by atoms with Gasteiger partial charge in [-0.1, -0.05) is 27.2 Å². The van der Waals surface area contributed by atoms with E-state index in [0.29, 0.717) is 12.3 Å². The van der Waals surface area contributed by atoms with Crippen molar-refractivity contribution in [1.29, 1.82) is 0 Å². The van der Waals surface area contributed by atoms with Gasteiger partial charge in [0.25, 0.3) is 0 Å². The van der Waals surface area contributed by atoms with E-state index in [1.54, 1.807) is 0 Å². The number of nitrogens with one attached hydrogen (secondary N) is 2. The Morgan fingerprint density at radius 3 is 2.58 bits per heavy atom. The van der Waals surface area contributed by atoms with E-state index in [4.69, 9.17) is 0 Å². The minimum absolute atomic E-state index is 0.0949. The molecule has 0 spiro atoms. The minimum Gasteiger partial charge on any atom is -0.292 e. The number of amides is 1. The van der Waals surface area contributed by atoms with Gasteiger partial charge in [-0.2, -0.15) is 0 Å². The molecule has 12 heavy (non-hydrogen) atoms. The molecule has 72 valence electrons. The van der Waals surface area contributed by atoms with Gasteiger partial charge in [0, 0.05) is 13.0 Å². The highest BCUT2D eigenvalue weighted by atomic mass is 16.2. The molecule has 0 saturated heterocycles. The molecule has 0 aromatic heterocycles. The van der Waals surface area contributed by atoms with Gasteiger partial charge in [-0.3, -0.25) is 10.2 Å². The minimum atomic E-state index is 0.0949. The second-order valence-electron chi connectivity index (χ2n) is 3.43. The normalized spacial score (nSPS) is 10.3. The lowest BCUT2D eigenvalue weighted by atomic mass is 10.2. The monoisotopic (exact) mass is 172 g/mol. The molecule has 1 amide bonds. The van der Waals surface area contributed by atoms with E-state index in [1.165, 1.54) is 0 Å². The molecule has 0 heterocycles. The molecule has 0 aliphatic carbocycles. The molecule has 0 aromatic carbocycles. The Bertz CT molecular complexity index is 124. The van der Waals surface area contributed by atoms with Crippen molar-refractivity contribution in [3.05, 3.63) is 0 Å². The van der Waals surface area contributed by atoms with E-state index in [0.717, 1.165) is 19.4 Å². The standard InChI is InChI=1S/C9H20N2O/c1-4-5-6-9(12)11-10-7-8(2)3/h8,10H,4-7H2,1-3H3,(H,11,12). The first-order chi connectivity index (χ1) is 5.66. The van der Waals surface area contributed by atoms with E-state index in [1.807, 2.05) is 0 Å². The van der Waals surface area contributed by atoms with Crippen LogP contribution in [0.4, 0.5) is 0 Å². The summed E-state index contributed by atoms with van der Waals surface area (Å²) in [5.74, 6) is 0.661. The van der Waals surface area contributed by atoms with Crippen LogP contribution in [0.1, 0.15) is 40.0 Å². The van der Waals surface area contributed by atoms with Crippen molar-refractivity contribution in [2.24, 2.45) is 5.92 Å². The summed E-state index contributed by atoms with van der Waals surface area (Å²) in [6.07, 6.45) is 2.66. The van der Waals surface area contributed by atoms with Crippen LogP contribution < -0.4 is 10.9 Å². The third-order valence-corrected chi connectivity index (χ3v) is 1.50. The number of carbonyl (C=O) groups excluding carboxylic acids is 1. The van der Waals surface area contributed by atoms with Crippen molar-refractivity contribution in [3.8, 4) is 0 Å². The molecule has 0 unspecified atom stereocenters. The molecule has 0 fully saturated rings. The van der Waals surface area contributed by atoms with Gasteiger partial charge in [0.2, 0.25) is 5.91 Å². The van der Waals surface area contributed by atoms with Crippen LogP contribution in [-0.4, -0.2) is 12.5 Å². The quantitative estimate of drug-likeness (QED) is 0.595. The number of rotatable bonds is 6. The highest BCUT2D eigenvalue weighted by molar-refractivity contribution is 5.75. The van der Waals surface area contributed by atoms with Gasteiger partial charge in [0.05, 0.1) is 0 Å². The maximum absolute atomic E-state index is 11.0. The maximum atomic E-state index is 11.0. The second kappa shape index (κ2) is 7.10. The summed E-state index contributed by atoms with van der Waals surface area (Å²) in [5, 5.41) is 0. The zero-order chi connectivity index (χ0) is 9.40. The van der Waals surface area contributed by atoms with Crippen molar-refractivity contribution in [3.63, 3.8) is 0 Å². The molecular weight excluding hydrogens is 152 g/mol. The molecule has 0 radical (unpaired) electrons. The Labute approximate surface area is 74.9 Å². The van der Waals surface area contributed by atoms with E-state index in [-0.39, 0.29) is 5.91 Å².